The van der Waals surface area contributed by atoms with Gasteiger partial charge in [-0.05, 0) is 43.5 Å². The van der Waals surface area contributed by atoms with Gasteiger partial charge in [-0.25, -0.2) is 13.8 Å². The molecule has 46 heavy (non-hydrogen) atoms. The van der Waals surface area contributed by atoms with Gasteiger partial charge in [-0.2, -0.15) is 5.26 Å². The Balaban J connectivity index is 1.91. The van der Waals surface area contributed by atoms with E-state index < -0.39 is 34.2 Å². The molecule has 0 radical (unpaired) electrons. The van der Waals surface area contributed by atoms with E-state index in [9.17, 15) is 19.2 Å². The quantitative estimate of drug-likeness (QED) is 0.326. The summed E-state index contributed by atoms with van der Waals surface area (Å²) in [7, 11) is 0. The number of pyridine rings is 3. The van der Waals surface area contributed by atoms with Crippen molar-refractivity contribution in [2.24, 2.45) is 5.73 Å². The van der Waals surface area contributed by atoms with Gasteiger partial charge in [-0.3, -0.25) is 19.1 Å². The highest BCUT2D eigenvalue weighted by Crippen LogP contribution is 2.44. The first-order chi connectivity index (χ1) is 21.7. The Kier molecular flexibility index (Phi) is 9.30. The molecular weight excluding hydrogens is 659 g/mol. The minimum atomic E-state index is -2.08. The van der Waals surface area contributed by atoms with Crippen LogP contribution in [0.5, 0.6) is 0 Å². The minimum absolute atomic E-state index is 0.0190. The molecule has 1 saturated heterocycles. The van der Waals surface area contributed by atoms with Gasteiger partial charge in [-0.1, -0.05) is 55.2 Å². The van der Waals surface area contributed by atoms with Gasteiger partial charge in [-0.15, -0.1) is 0 Å². The monoisotopic (exact) mass is 687 g/mol. The molecule has 9 nitrogen and oxygen atoms in total. The summed E-state index contributed by atoms with van der Waals surface area (Å²) in [6.45, 7) is 11.9. The molecule has 3 aromatic heterocycles. The lowest BCUT2D eigenvalue weighted by Crippen LogP contribution is -2.54. The molecule has 3 aromatic rings. The fraction of sp³-hybridized carbons (Fsp3) is 0.344. The largest absolute Gasteiger partial charge is 0.366 e. The van der Waals surface area contributed by atoms with Crippen LogP contribution in [0.15, 0.2) is 51.7 Å². The molecule has 0 saturated carbocycles. The predicted molar refractivity (Wildman–Crippen MR) is 177 cm³/mol. The van der Waals surface area contributed by atoms with E-state index >= 15 is 4.39 Å². The third-order valence-corrected chi connectivity index (χ3v) is 9.37. The van der Waals surface area contributed by atoms with E-state index in [2.05, 4.69) is 17.6 Å². The van der Waals surface area contributed by atoms with Crippen LogP contribution in [0.4, 0.5) is 14.5 Å². The molecule has 3 atom stereocenters. The van der Waals surface area contributed by atoms with E-state index in [1.165, 1.54) is 16.7 Å². The maximum Gasteiger partial charge on any atom is 0.276 e. The number of carbonyl (C=O) groups is 1. The van der Waals surface area contributed by atoms with Crippen LogP contribution in [0.25, 0.3) is 22.3 Å². The highest BCUT2D eigenvalue weighted by molar-refractivity contribution is 6.39. The summed E-state index contributed by atoms with van der Waals surface area (Å²) in [5.41, 5.74) is 6.32. The Morgan fingerprint density at radius 2 is 1.93 bits per heavy atom. The number of nitrogens with zero attached hydrogens (tertiary/aromatic N) is 6. The Labute approximate surface area is 279 Å². The number of hydrogen-bond acceptors (Lipinski definition) is 7. The summed E-state index contributed by atoms with van der Waals surface area (Å²) in [5.74, 6) is -1.58. The zero-order valence-corrected chi connectivity index (χ0v) is 27.7. The number of amides is 1. The van der Waals surface area contributed by atoms with Crippen molar-refractivity contribution in [3.8, 4) is 11.8 Å². The number of anilines is 1. The maximum atomic E-state index is 15.6. The third-order valence-electron chi connectivity index (χ3n) is 8.27. The number of fused-ring (bicyclic) bond motifs is 1. The summed E-state index contributed by atoms with van der Waals surface area (Å²) in [5, 5.41) is 9.47. The van der Waals surface area contributed by atoms with Crippen molar-refractivity contribution in [2.45, 2.75) is 51.9 Å². The molecule has 0 bridgehead atoms. The van der Waals surface area contributed by atoms with Gasteiger partial charge in [0.15, 0.2) is 12.0 Å². The van der Waals surface area contributed by atoms with E-state index in [-0.39, 0.29) is 63.6 Å². The van der Waals surface area contributed by atoms with Gasteiger partial charge in [0.05, 0.1) is 49.5 Å². The van der Waals surface area contributed by atoms with Crippen LogP contribution in [0.1, 0.15) is 49.2 Å². The summed E-state index contributed by atoms with van der Waals surface area (Å²) in [6.07, 6.45) is 0.769. The smallest absolute Gasteiger partial charge is 0.276 e. The Morgan fingerprint density at radius 3 is 2.54 bits per heavy atom. The van der Waals surface area contributed by atoms with Crippen LogP contribution in [-0.2, 0) is 4.79 Å². The fourth-order valence-corrected chi connectivity index (χ4v) is 6.74. The number of aryl methyl sites for hydroxylation is 1. The van der Waals surface area contributed by atoms with Crippen LogP contribution in [0.2, 0.25) is 5.02 Å². The molecule has 2 aliphatic rings. The van der Waals surface area contributed by atoms with Gasteiger partial charge in [0.25, 0.3) is 5.56 Å². The number of nitriles is 1. The lowest BCUT2D eigenvalue weighted by molar-refractivity contribution is -0.128. The topological polar surface area (TPSA) is 121 Å². The number of allylic oxidation sites excluding steroid dienone is 2. The van der Waals surface area contributed by atoms with Crippen molar-refractivity contribution in [1.82, 2.24) is 19.4 Å². The SMILES string of the molecule is C=CC(=O)N1CCN(c2c(C#N)c(=O)n(-c3c(C)ccnc3C(C)C)c3nc(C4=C(Cl)C(N)C(F)C(Cl)=C4F)c(Cl)cc23)C[C@H]1C. The number of piperazine rings is 1. The number of aromatic nitrogens is 3. The number of carbonyl (C=O) groups excluding carboxylic acids is 1. The van der Waals surface area contributed by atoms with E-state index in [1.807, 2.05) is 25.7 Å². The van der Waals surface area contributed by atoms with Crippen LogP contribution >= 0.6 is 34.8 Å². The maximum absolute atomic E-state index is 15.6. The van der Waals surface area contributed by atoms with Gasteiger partial charge in [0.1, 0.15) is 17.3 Å². The Morgan fingerprint density at radius 1 is 1.24 bits per heavy atom. The predicted octanol–water partition coefficient (Wildman–Crippen LogP) is 6.01. The van der Waals surface area contributed by atoms with E-state index in [0.29, 0.717) is 28.9 Å². The van der Waals surface area contributed by atoms with Crippen molar-refractivity contribution in [3.05, 3.63) is 84.8 Å². The van der Waals surface area contributed by atoms with Crippen molar-refractivity contribution >= 4 is 63.0 Å². The molecule has 0 spiro atoms. The first kappa shape index (κ1) is 33.5. The molecule has 1 amide bonds. The first-order valence-corrected chi connectivity index (χ1v) is 15.6. The molecular formula is C32H30Cl3F2N7O2. The summed E-state index contributed by atoms with van der Waals surface area (Å²) >= 11 is 19.2. The minimum Gasteiger partial charge on any atom is -0.366 e. The highest BCUT2D eigenvalue weighted by Gasteiger charge is 2.38. The molecule has 2 N–H and O–H groups in total. The van der Waals surface area contributed by atoms with Crippen molar-refractivity contribution in [1.29, 1.82) is 5.26 Å². The normalized spacial score (nSPS) is 20.5. The van der Waals surface area contributed by atoms with Gasteiger partial charge in [0, 0.05) is 37.3 Å². The summed E-state index contributed by atoms with van der Waals surface area (Å²) in [6, 6.07) is 3.47. The Hall–Kier alpha value is -3.82. The van der Waals surface area contributed by atoms with Crippen molar-refractivity contribution in [2.75, 3.05) is 24.5 Å². The third kappa shape index (κ3) is 5.37. The zero-order chi connectivity index (χ0) is 33.8. The number of alkyl halides is 1. The highest BCUT2D eigenvalue weighted by atomic mass is 35.5. The van der Waals surface area contributed by atoms with Gasteiger partial charge in [0.2, 0.25) is 5.91 Å². The molecule has 1 aliphatic carbocycles. The molecule has 0 aromatic carbocycles. The van der Waals surface area contributed by atoms with E-state index in [0.717, 1.165) is 0 Å². The molecule has 1 aliphatic heterocycles. The summed E-state index contributed by atoms with van der Waals surface area (Å²) in [4.78, 5) is 39.6. The first-order valence-electron chi connectivity index (χ1n) is 14.4. The standard InChI is InChI=1S/C32H30Cl3F2N7O2/c1-6-20(45)43-10-9-42(13-16(43)5)30-17-11-19(33)28(21-22(34)26(39)25(37)23(35)24(21)36)41-31(17)44(32(46)18(30)12-38)29-15(4)7-8-40-27(29)14(2)3/h6-8,11,14,16,25-26H,1,9-10,13,39H2,2-5H3/t16-,25?,26?/m1/s1. The van der Waals surface area contributed by atoms with Gasteiger partial charge >= 0.3 is 0 Å². The average Bonchev–Trinajstić information content (AvgIpc) is 3.02. The number of halogens is 5. The molecule has 4 heterocycles. The fourth-order valence-electron chi connectivity index (χ4n) is 5.99. The average molecular weight is 689 g/mol. The molecule has 1 fully saturated rings. The number of nitrogens with two attached hydrogens (primary N) is 1. The van der Waals surface area contributed by atoms with E-state index in [1.54, 1.807) is 24.1 Å². The molecule has 240 valence electrons. The zero-order valence-electron chi connectivity index (χ0n) is 25.4. The van der Waals surface area contributed by atoms with Crippen molar-refractivity contribution in [3.63, 3.8) is 0 Å². The van der Waals surface area contributed by atoms with Crippen LogP contribution in [0, 0.1) is 18.3 Å². The molecule has 14 heteroatoms. The molecule has 5 rings (SSSR count). The second-order valence-corrected chi connectivity index (χ2v) is 12.7. The Bertz CT molecular complexity index is 1970. The van der Waals surface area contributed by atoms with Crippen molar-refractivity contribution < 1.29 is 13.6 Å². The van der Waals surface area contributed by atoms with E-state index in [4.69, 9.17) is 45.5 Å². The lowest BCUT2D eigenvalue weighted by Gasteiger charge is -2.41. The summed E-state index contributed by atoms with van der Waals surface area (Å²) < 4.78 is 31.5. The second kappa shape index (κ2) is 12.8. The number of rotatable bonds is 5. The molecule has 2 unspecified atom stereocenters. The van der Waals surface area contributed by atoms with Crippen LogP contribution < -0.4 is 16.2 Å². The number of hydrogen-bond donors (Lipinski definition) is 1. The van der Waals surface area contributed by atoms with Gasteiger partial charge < -0.3 is 15.5 Å². The van der Waals surface area contributed by atoms with Crippen LogP contribution in [-0.4, -0.2) is 63.2 Å². The van der Waals surface area contributed by atoms with Crippen LogP contribution in [0.3, 0.4) is 0 Å². The lowest BCUT2D eigenvalue weighted by atomic mass is 9.96. The second-order valence-electron chi connectivity index (χ2n) is 11.5.